The molecular weight excluding hydrogens is 256 g/mol. The fourth-order valence-corrected chi connectivity index (χ4v) is 2.19. The maximum atomic E-state index is 12.2. The van der Waals surface area contributed by atoms with E-state index in [4.69, 9.17) is 0 Å². The lowest BCUT2D eigenvalue weighted by Crippen LogP contribution is -2.53. The third-order valence-corrected chi connectivity index (χ3v) is 3.33. The summed E-state index contributed by atoms with van der Waals surface area (Å²) in [5, 5.41) is 5.65. The number of amides is 3. The highest BCUT2D eigenvalue weighted by Gasteiger charge is 2.23. The first-order valence-electron chi connectivity index (χ1n) is 6.85. The van der Waals surface area contributed by atoms with Crippen LogP contribution in [0.5, 0.6) is 0 Å². The molecule has 1 aliphatic heterocycles. The van der Waals surface area contributed by atoms with E-state index in [0.717, 1.165) is 17.7 Å². The molecule has 0 aromatic carbocycles. The Balaban J connectivity index is 2.02. The maximum absolute atomic E-state index is 12.2. The Bertz CT molecular complexity index is 504. The Kier molecular flexibility index (Phi) is 4.55. The summed E-state index contributed by atoms with van der Waals surface area (Å²) in [5.41, 5.74) is 1.96. The van der Waals surface area contributed by atoms with Crippen LogP contribution >= 0.6 is 0 Å². The van der Waals surface area contributed by atoms with Gasteiger partial charge in [0, 0.05) is 19.3 Å². The number of nitrogens with one attached hydrogen (secondary N) is 2. The normalized spacial score (nSPS) is 16.5. The lowest BCUT2D eigenvalue weighted by atomic mass is 10.1. The van der Waals surface area contributed by atoms with Crippen molar-refractivity contribution in [2.75, 3.05) is 19.6 Å². The number of carbonyl (C=O) groups is 2. The van der Waals surface area contributed by atoms with Gasteiger partial charge < -0.3 is 15.5 Å². The molecule has 1 aliphatic rings. The topological polar surface area (TPSA) is 74.3 Å². The summed E-state index contributed by atoms with van der Waals surface area (Å²) in [6, 6.07) is 3.55. The van der Waals surface area contributed by atoms with Crippen molar-refractivity contribution in [3.63, 3.8) is 0 Å². The largest absolute Gasteiger partial charge is 0.353 e. The van der Waals surface area contributed by atoms with E-state index in [1.54, 1.807) is 6.20 Å². The van der Waals surface area contributed by atoms with Crippen molar-refractivity contribution in [1.29, 1.82) is 0 Å². The first-order chi connectivity index (χ1) is 9.60. The number of piperazine rings is 1. The van der Waals surface area contributed by atoms with Gasteiger partial charge in [-0.3, -0.25) is 9.78 Å². The number of aryl methyl sites for hydroxylation is 1. The van der Waals surface area contributed by atoms with Crippen LogP contribution < -0.4 is 10.6 Å². The minimum Gasteiger partial charge on any atom is -0.353 e. The van der Waals surface area contributed by atoms with Crippen molar-refractivity contribution < 1.29 is 9.59 Å². The number of hydrogen-bond acceptors (Lipinski definition) is 3. The number of aromatic nitrogens is 1. The molecule has 20 heavy (non-hydrogen) atoms. The Morgan fingerprint density at radius 3 is 3.05 bits per heavy atom. The van der Waals surface area contributed by atoms with Gasteiger partial charge >= 0.3 is 6.03 Å². The molecule has 2 N–H and O–H groups in total. The van der Waals surface area contributed by atoms with Crippen LogP contribution in [0.4, 0.5) is 4.79 Å². The smallest absolute Gasteiger partial charge is 0.318 e. The summed E-state index contributed by atoms with van der Waals surface area (Å²) >= 11 is 0. The highest BCUT2D eigenvalue weighted by atomic mass is 16.2. The first-order valence-corrected chi connectivity index (χ1v) is 6.85. The van der Waals surface area contributed by atoms with Crippen LogP contribution in [0.2, 0.25) is 0 Å². The average molecular weight is 276 g/mol. The highest BCUT2D eigenvalue weighted by molar-refractivity contribution is 5.85. The molecule has 1 atom stereocenters. The molecule has 0 spiro atoms. The Labute approximate surface area is 118 Å². The van der Waals surface area contributed by atoms with Gasteiger partial charge in [0.2, 0.25) is 5.91 Å². The molecule has 108 valence electrons. The van der Waals surface area contributed by atoms with Gasteiger partial charge in [0.15, 0.2) is 0 Å². The molecule has 2 rings (SSSR count). The third-order valence-electron chi connectivity index (χ3n) is 3.33. The van der Waals surface area contributed by atoms with Gasteiger partial charge in [0.05, 0.1) is 11.7 Å². The zero-order valence-corrected chi connectivity index (χ0v) is 11.8. The maximum Gasteiger partial charge on any atom is 0.318 e. The summed E-state index contributed by atoms with van der Waals surface area (Å²) in [4.78, 5) is 29.3. The zero-order chi connectivity index (χ0) is 14.5. The van der Waals surface area contributed by atoms with Crippen LogP contribution in [-0.4, -0.2) is 41.5 Å². The van der Waals surface area contributed by atoms with Crippen molar-refractivity contribution in [3.8, 4) is 0 Å². The van der Waals surface area contributed by atoms with Gasteiger partial charge in [-0.25, -0.2) is 4.79 Å². The summed E-state index contributed by atoms with van der Waals surface area (Å²) < 4.78 is 0. The van der Waals surface area contributed by atoms with E-state index in [9.17, 15) is 9.59 Å². The van der Waals surface area contributed by atoms with Crippen LogP contribution in [0.15, 0.2) is 18.3 Å². The second-order valence-corrected chi connectivity index (χ2v) is 4.94. The van der Waals surface area contributed by atoms with Gasteiger partial charge in [0.25, 0.3) is 0 Å². The van der Waals surface area contributed by atoms with E-state index in [1.165, 1.54) is 4.90 Å². The molecular formula is C14H20N4O2. The molecule has 1 aromatic heterocycles. The Hall–Kier alpha value is -2.11. The summed E-state index contributed by atoms with van der Waals surface area (Å²) in [7, 11) is 0. The predicted octanol–water partition coefficient (Wildman–Crippen LogP) is 0.983. The molecule has 1 unspecified atom stereocenters. The molecule has 0 radical (unpaired) electrons. The van der Waals surface area contributed by atoms with Gasteiger partial charge in [-0.1, -0.05) is 6.92 Å². The minimum absolute atomic E-state index is 0.115. The van der Waals surface area contributed by atoms with E-state index in [2.05, 4.69) is 15.6 Å². The molecule has 0 aliphatic carbocycles. The fraction of sp³-hybridized carbons (Fsp3) is 0.500. The molecule has 0 bridgehead atoms. The molecule has 6 nitrogen and oxygen atoms in total. The van der Waals surface area contributed by atoms with Crippen LogP contribution in [-0.2, 0) is 4.79 Å². The monoisotopic (exact) mass is 276 g/mol. The van der Waals surface area contributed by atoms with E-state index in [0.29, 0.717) is 13.1 Å². The lowest BCUT2D eigenvalue weighted by molar-refractivity contribution is -0.123. The molecule has 2 heterocycles. The summed E-state index contributed by atoms with van der Waals surface area (Å²) in [6.45, 7) is 5.15. The van der Waals surface area contributed by atoms with Crippen molar-refractivity contribution in [2.24, 2.45) is 0 Å². The number of hydrogen-bond donors (Lipinski definition) is 2. The van der Waals surface area contributed by atoms with Gasteiger partial charge in [-0.2, -0.15) is 0 Å². The third kappa shape index (κ3) is 3.46. The van der Waals surface area contributed by atoms with Crippen molar-refractivity contribution in [1.82, 2.24) is 20.5 Å². The van der Waals surface area contributed by atoms with Gasteiger partial charge in [-0.15, -0.1) is 0 Å². The van der Waals surface area contributed by atoms with E-state index >= 15 is 0 Å². The Morgan fingerprint density at radius 2 is 2.40 bits per heavy atom. The number of carbonyl (C=O) groups excluding carboxylic acids is 2. The van der Waals surface area contributed by atoms with E-state index < -0.39 is 0 Å². The number of rotatable bonds is 3. The number of urea groups is 1. The quantitative estimate of drug-likeness (QED) is 0.864. The molecule has 0 saturated carbocycles. The van der Waals surface area contributed by atoms with Crippen LogP contribution in [0.3, 0.4) is 0 Å². The lowest BCUT2D eigenvalue weighted by Gasteiger charge is -2.28. The second-order valence-electron chi connectivity index (χ2n) is 4.94. The predicted molar refractivity (Wildman–Crippen MR) is 75.1 cm³/mol. The highest BCUT2D eigenvalue weighted by Crippen LogP contribution is 2.15. The van der Waals surface area contributed by atoms with E-state index in [-0.39, 0.29) is 24.5 Å². The van der Waals surface area contributed by atoms with Gasteiger partial charge in [-0.05, 0) is 31.0 Å². The molecule has 1 aromatic rings. The SMILES string of the molecule is CCC(NC(=O)N1CCNC(=O)C1)c1cc(C)ccn1. The molecule has 1 fully saturated rings. The van der Waals surface area contributed by atoms with Crippen LogP contribution in [0.1, 0.15) is 30.6 Å². The molecule has 1 saturated heterocycles. The first kappa shape index (κ1) is 14.3. The minimum atomic E-state index is -0.213. The summed E-state index contributed by atoms with van der Waals surface area (Å²) in [6.07, 6.45) is 2.50. The van der Waals surface area contributed by atoms with E-state index in [1.807, 2.05) is 26.0 Å². The standard InChI is InChI=1S/C14H20N4O2/c1-3-11(12-8-10(2)4-5-15-12)17-14(20)18-7-6-16-13(19)9-18/h4-5,8,11H,3,6-7,9H2,1-2H3,(H,16,19)(H,17,20). The van der Waals surface area contributed by atoms with Crippen molar-refractivity contribution in [2.45, 2.75) is 26.3 Å². The van der Waals surface area contributed by atoms with Crippen molar-refractivity contribution in [3.05, 3.63) is 29.6 Å². The fourth-order valence-electron chi connectivity index (χ4n) is 2.19. The van der Waals surface area contributed by atoms with Crippen molar-refractivity contribution >= 4 is 11.9 Å². The van der Waals surface area contributed by atoms with Crippen LogP contribution in [0, 0.1) is 6.92 Å². The zero-order valence-electron chi connectivity index (χ0n) is 11.8. The second kappa shape index (κ2) is 6.36. The number of nitrogens with zero attached hydrogens (tertiary/aromatic N) is 2. The molecule has 3 amide bonds. The van der Waals surface area contributed by atoms with Gasteiger partial charge in [0.1, 0.15) is 6.54 Å². The number of pyridine rings is 1. The average Bonchev–Trinajstić information content (AvgIpc) is 2.44. The molecule has 6 heteroatoms. The summed E-state index contributed by atoms with van der Waals surface area (Å²) in [5.74, 6) is -0.117. The van der Waals surface area contributed by atoms with Crippen LogP contribution in [0.25, 0.3) is 0 Å². The Morgan fingerprint density at radius 1 is 1.60 bits per heavy atom.